The lowest BCUT2D eigenvalue weighted by molar-refractivity contribution is 0.273. The molecule has 1 heterocycles. The molecule has 5 heteroatoms. The summed E-state index contributed by atoms with van der Waals surface area (Å²) in [7, 11) is 3.06. The number of methoxy groups -OCH3 is 2. The highest BCUT2D eigenvalue weighted by Gasteiger charge is 2.12. The van der Waals surface area contributed by atoms with Gasteiger partial charge < -0.3 is 14.2 Å². The van der Waals surface area contributed by atoms with E-state index in [-0.39, 0.29) is 12.4 Å². The molecule has 0 saturated heterocycles. The maximum Gasteiger partial charge on any atom is 0.185 e. The van der Waals surface area contributed by atoms with Crippen molar-refractivity contribution in [3.8, 4) is 17.2 Å². The first-order valence-corrected chi connectivity index (χ1v) is 5.69. The van der Waals surface area contributed by atoms with Gasteiger partial charge in [-0.3, -0.25) is 4.98 Å². The molecule has 0 atom stereocenters. The van der Waals surface area contributed by atoms with E-state index in [1.54, 1.807) is 37.6 Å². The third-order valence-corrected chi connectivity index (χ3v) is 2.57. The molecule has 0 aliphatic carbocycles. The molecule has 2 aromatic rings. The molecule has 0 unspecified atom stereocenters. The summed E-state index contributed by atoms with van der Waals surface area (Å²) in [4.78, 5) is 4.15. The second kappa shape index (κ2) is 6.04. The van der Waals surface area contributed by atoms with Gasteiger partial charge in [0.2, 0.25) is 0 Å². The number of para-hydroxylation sites is 1. The second-order valence-electron chi connectivity index (χ2n) is 3.71. The number of aromatic nitrogens is 1. The standard InChI is InChI=1S/C14H14FNO3/c1-17-13-7-8-16-11(14(13)18-2)9-19-12-6-4-3-5-10(12)15/h3-8H,9H2,1-2H3. The number of rotatable bonds is 5. The van der Waals surface area contributed by atoms with Crippen LogP contribution in [0.1, 0.15) is 5.69 Å². The van der Waals surface area contributed by atoms with Crippen LogP contribution in [0.5, 0.6) is 17.2 Å². The van der Waals surface area contributed by atoms with Crippen molar-refractivity contribution in [3.05, 3.63) is 48.0 Å². The number of halogens is 1. The van der Waals surface area contributed by atoms with Gasteiger partial charge in [0.25, 0.3) is 0 Å². The molecule has 0 spiro atoms. The third kappa shape index (κ3) is 2.93. The summed E-state index contributed by atoms with van der Waals surface area (Å²) in [6.45, 7) is 0.0985. The molecule has 4 nitrogen and oxygen atoms in total. The number of benzene rings is 1. The summed E-state index contributed by atoms with van der Waals surface area (Å²) in [6.07, 6.45) is 1.58. The minimum atomic E-state index is -0.413. The fourth-order valence-electron chi connectivity index (χ4n) is 1.66. The van der Waals surface area contributed by atoms with Gasteiger partial charge in [0.15, 0.2) is 23.1 Å². The Morgan fingerprint density at radius 3 is 2.53 bits per heavy atom. The fraction of sp³-hybridized carbons (Fsp3) is 0.214. The van der Waals surface area contributed by atoms with Gasteiger partial charge in [0.05, 0.1) is 14.2 Å². The molecule has 0 aliphatic heterocycles. The first kappa shape index (κ1) is 13.1. The lowest BCUT2D eigenvalue weighted by Gasteiger charge is -2.12. The maximum absolute atomic E-state index is 13.4. The van der Waals surface area contributed by atoms with Crippen molar-refractivity contribution in [3.63, 3.8) is 0 Å². The highest BCUT2D eigenvalue weighted by molar-refractivity contribution is 5.42. The zero-order valence-corrected chi connectivity index (χ0v) is 10.7. The summed E-state index contributed by atoms with van der Waals surface area (Å²) in [5.41, 5.74) is 0.546. The van der Waals surface area contributed by atoms with Crippen LogP contribution in [0, 0.1) is 5.82 Å². The van der Waals surface area contributed by atoms with E-state index in [0.29, 0.717) is 17.2 Å². The molecular formula is C14H14FNO3. The SMILES string of the molecule is COc1ccnc(COc2ccccc2F)c1OC. The summed E-state index contributed by atoms with van der Waals surface area (Å²) < 4.78 is 29.2. The normalized spacial score (nSPS) is 10.1. The van der Waals surface area contributed by atoms with Crippen molar-refractivity contribution >= 4 is 0 Å². The molecule has 100 valence electrons. The average molecular weight is 263 g/mol. The second-order valence-corrected chi connectivity index (χ2v) is 3.71. The topological polar surface area (TPSA) is 40.6 Å². The first-order valence-electron chi connectivity index (χ1n) is 5.69. The lowest BCUT2D eigenvalue weighted by Crippen LogP contribution is -2.03. The van der Waals surface area contributed by atoms with Gasteiger partial charge in [-0.15, -0.1) is 0 Å². The van der Waals surface area contributed by atoms with Gasteiger partial charge in [-0.25, -0.2) is 4.39 Å². The van der Waals surface area contributed by atoms with Crippen LogP contribution < -0.4 is 14.2 Å². The Bertz CT molecular complexity index is 560. The molecule has 0 N–H and O–H groups in total. The molecule has 0 aliphatic rings. The van der Waals surface area contributed by atoms with E-state index in [4.69, 9.17) is 14.2 Å². The fourth-order valence-corrected chi connectivity index (χ4v) is 1.66. The molecule has 19 heavy (non-hydrogen) atoms. The van der Waals surface area contributed by atoms with Crippen LogP contribution in [0.25, 0.3) is 0 Å². The van der Waals surface area contributed by atoms with E-state index in [9.17, 15) is 4.39 Å². The molecule has 1 aromatic heterocycles. The summed E-state index contributed by atoms with van der Waals surface area (Å²) in [5, 5.41) is 0. The van der Waals surface area contributed by atoms with Crippen molar-refractivity contribution in [1.29, 1.82) is 0 Å². The van der Waals surface area contributed by atoms with E-state index in [2.05, 4.69) is 4.98 Å². The van der Waals surface area contributed by atoms with Crippen LogP contribution in [0.3, 0.4) is 0 Å². The maximum atomic E-state index is 13.4. The van der Waals surface area contributed by atoms with Crippen LogP contribution in [-0.4, -0.2) is 19.2 Å². The van der Waals surface area contributed by atoms with Crippen molar-refractivity contribution in [2.75, 3.05) is 14.2 Å². The predicted octanol–water partition coefficient (Wildman–Crippen LogP) is 2.82. The number of ether oxygens (including phenoxy) is 3. The van der Waals surface area contributed by atoms with Crippen LogP contribution in [0.4, 0.5) is 4.39 Å². The molecule has 0 bridgehead atoms. The van der Waals surface area contributed by atoms with E-state index in [0.717, 1.165) is 0 Å². The molecule has 0 saturated carbocycles. The summed E-state index contributed by atoms with van der Waals surface area (Å²) >= 11 is 0. The first-order chi connectivity index (χ1) is 9.26. The van der Waals surface area contributed by atoms with Gasteiger partial charge in [0, 0.05) is 12.3 Å². The monoisotopic (exact) mass is 263 g/mol. The Morgan fingerprint density at radius 2 is 1.84 bits per heavy atom. The minimum Gasteiger partial charge on any atom is -0.493 e. The zero-order valence-electron chi connectivity index (χ0n) is 10.7. The predicted molar refractivity (Wildman–Crippen MR) is 68.1 cm³/mol. The van der Waals surface area contributed by atoms with E-state index < -0.39 is 5.82 Å². The molecular weight excluding hydrogens is 249 g/mol. The van der Waals surface area contributed by atoms with Crippen LogP contribution in [-0.2, 0) is 6.61 Å². The van der Waals surface area contributed by atoms with Crippen molar-refractivity contribution in [2.24, 2.45) is 0 Å². The summed E-state index contributed by atoms with van der Waals surface area (Å²) in [5.74, 6) is 0.810. The van der Waals surface area contributed by atoms with Gasteiger partial charge in [-0.05, 0) is 12.1 Å². The Hall–Kier alpha value is -2.30. The van der Waals surface area contributed by atoms with E-state index in [1.807, 2.05) is 0 Å². The van der Waals surface area contributed by atoms with Crippen LogP contribution >= 0.6 is 0 Å². The smallest absolute Gasteiger partial charge is 0.185 e. The molecule has 1 aromatic carbocycles. The lowest BCUT2D eigenvalue weighted by atomic mass is 10.3. The van der Waals surface area contributed by atoms with E-state index >= 15 is 0 Å². The number of pyridine rings is 1. The Balaban J connectivity index is 2.18. The summed E-state index contributed by atoms with van der Waals surface area (Å²) in [6, 6.07) is 7.89. The number of hydrogen-bond donors (Lipinski definition) is 0. The zero-order chi connectivity index (χ0) is 13.7. The largest absolute Gasteiger partial charge is 0.493 e. The van der Waals surface area contributed by atoms with Crippen molar-refractivity contribution in [2.45, 2.75) is 6.61 Å². The highest BCUT2D eigenvalue weighted by atomic mass is 19.1. The number of hydrogen-bond acceptors (Lipinski definition) is 4. The van der Waals surface area contributed by atoms with Gasteiger partial charge in [-0.1, -0.05) is 12.1 Å². The van der Waals surface area contributed by atoms with Crippen LogP contribution in [0.15, 0.2) is 36.5 Å². The Kier molecular flexibility index (Phi) is 4.18. The minimum absolute atomic E-state index is 0.0985. The Morgan fingerprint density at radius 1 is 1.05 bits per heavy atom. The Labute approximate surface area is 110 Å². The highest BCUT2D eigenvalue weighted by Crippen LogP contribution is 2.29. The van der Waals surface area contributed by atoms with Gasteiger partial charge >= 0.3 is 0 Å². The van der Waals surface area contributed by atoms with Crippen LogP contribution in [0.2, 0.25) is 0 Å². The van der Waals surface area contributed by atoms with Gasteiger partial charge in [0.1, 0.15) is 12.3 Å². The molecule has 0 amide bonds. The quantitative estimate of drug-likeness (QED) is 0.831. The molecule has 0 radical (unpaired) electrons. The molecule has 2 rings (SSSR count). The van der Waals surface area contributed by atoms with E-state index in [1.165, 1.54) is 13.2 Å². The average Bonchev–Trinajstić information content (AvgIpc) is 2.45. The number of nitrogens with zero attached hydrogens (tertiary/aromatic N) is 1. The van der Waals surface area contributed by atoms with Gasteiger partial charge in [-0.2, -0.15) is 0 Å². The van der Waals surface area contributed by atoms with Crippen molar-refractivity contribution < 1.29 is 18.6 Å². The molecule has 0 fully saturated rings. The van der Waals surface area contributed by atoms with Crippen molar-refractivity contribution in [1.82, 2.24) is 4.98 Å². The third-order valence-electron chi connectivity index (χ3n) is 2.57.